The third-order valence-electron chi connectivity index (χ3n) is 11.7. The number of anilines is 1. The van der Waals surface area contributed by atoms with E-state index in [1.54, 1.807) is 36.5 Å². The van der Waals surface area contributed by atoms with Crippen LogP contribution in [0.4, 0.5) is 5.82 Å². The Hall–Kier alpha value is -8.10. The fourth-order valence-corrected chi connectivity index (χ4v) is 8.31. The molecule has 14 nitrogen and oxygen atoms in total. The number of aromatic amines is 3. The number of H-pyrrole nitrogens is 3. The molecule has 0 spiro atoms. The minimum absolute atomic E-state index is 0.0241. The molecule has 8 N–H and O–H groups in total. The van der Waals surface area contributed by atoms with Gasteiger partial charge in [-0.15, -0.1) is 0 Å². The van der Waals surface area contributed by atoms with Crippen molar-refractivity contribution in [3.8, 4) is 22.8 Å². The number of benzene rings is 5. The standard InChI is InChI=1S/C51H47N7O7/c1-29(59)46(51(63)65-28-30-12-4-3-5-13-30)58-50(62)42(23-33-27-53-39-18-10-7-15-35(33)39)56-49(61)41(22-32-26-52-38-17-9-6-14-34(32)38)54-45-25-37-36-16-8-11-19-40(36)55-48(37)47(57-45)31-20-21-43(60)44(24-31)64-2/h3-21,24-27,29,41-42,46,52-53,55,59-60H,22-23,28H2,1-2H3,(H,54,57)(H,56,61)(H,58,62)/t29-,41+,42+,46+/m1/s1. The number of aliphatic hydroxyl groups is 1. The number of pyridine rings is 1. The summed E-state index contributed by atoms with van der Waals surface area (Å²) in [7, 11) is 1.48. The minimum Gasteiger partial charge on any atom is -0.504 e. The number of carbonyl (C=O) groups is 3. The molecule has 4 aromatic heterocycles. The molecule has 14 heteroatoms. The van der Waals surface area contributed by atoms with Gasteiger partial charge in [0.1, 0.15) is 24.5 Å². The van der Waals surface area contributed by atoms with Gasteiger partial charge in [0.15, 0.2) is 17.5 Å². The van der Waals surface area contributed by atoms with Gasteiger partial charge >= 0.3 is 5.97 Å². The SMILES string of the molecule is COc1cc(-c2nc(N[C@@H](Cc3c[nH]c4ccccc34)C(=O)N[C@@H](Cc3c[nH]c4ccccc34)C(=O)N[C@H](C(=O)OCc3ccccc3)[C@@H](C)O)cc3c2[nH]c2ccccc23)ccc1O. The number of methoxy groups -OCH3 is 1. The van der Waals surface area contributed by atoms with Gasteiger partial charge in [0.2, 0.25) is 11.8 Å². The first kappa shape index (κ1) is 42.2. The highest BCUT2D eigenvalue weighted by molar-refractivity contribution is 6.12. The van der Waals surface area contributed by atoms with Crippen LogP contribution in [0.15, 0.2) is 140 Å². The number of aliphatic hydroxyl groups excluding tert-OH is 1. The Kier molecular flexibility index (Phi) is 11.9. The number of fused-ring (bicyclic) bond motifs is 5. The average molecular weight is 870 g/mol. The molecular weight excluding hydrogens is 823 g/mol. The second-order valence-corrected chi connectivity index (χ2v) is 16.0. The molecule has 0 aliphatic rings. The molecule has 328 valence electrons. The highest BCUT2D eigenvalue weighted by Crippen LogP contribution is 2.37. The van der Waals surface area contributed by atoms with Gasteiger partial charge in [0.05, 0.1) is 24.4 Å². The van der Waals surface area contributed by atoms with Crippen LogP contribution in [0.5, 0.6) is 11.5 Å². The number of ether oxygens (including phenoxy) is 2. The molecule has 2 amide bonds. The van der Waals surface area contributed by atoms with E-state index in [0.717, 1.165) is 60.3 Å². The summed E-state index contributed by atoms with van der Waals surface area (Å²) in [6.07, 6.45) is 2.55. The van der Waals surface area contributed by atoms with Gasteiger partial charge in [-0.1, -0.05) is 84.9 Å². The molecule has 0 saturated heterocycles. The molecule has 0 aliphatic carbocycles. The van der Waals surface area contributed by atoms with Crippen LogP contribution in [0.25, 0.3) is 54.9 Å². The van der Waals surface area contributed by atoms with Crippen molar-refractivity contribution in [2.45, 2.75) is 50.6 Å². The van der Waals surface area contributed by atoms with Crippen molar-refractivity contribution in [1.82, 2.24) is 30.6 Å². The largest absolute Gasteiger partial charge is 0.504 e. The lowest BCUT2D eigenvalue weighted by molar-refractivity contribution is -0.152. The smallest absolute Gasteiger partial charge is 0.331 e. The fraction of sp³-hybridized carbons (Fsp3) is 0.176. The number of phenolic OH excluding ortho intramolecular Hbond substituents is 1. The maximum Gasteiger partial charge on any atom is 0.331 e. The van der Waals surface area contributed by atoms with Crippen LogP contribution in [0.1, 0.15) is 23.6 Å². The number of carbonyl (C=O) groups excluding carboxylic acids is 3. The Labute approximate surface area is 373 Å². The molecule has 0 fully saturated rings. The summed E-state index contributed by atoms with van der Waals surface area (Å²) >= 11 is 0. The molecule has 4 heterocycles. The van der Waals surface area contributed by atoms with E-state index in [9.17, 15) is 19.8 Å². The number of nitrogens with zero attached hydrogens (tertiary/aromatic N) is 1. The number of rotatable bonds is 16. The number of phenols is 1. The van der Waals surface area contributed by atoms with Crippen molar-refractivity contribution in [3.63, 3.8) is 0 Å². The Morgan fingerprint density at radius 3 is 1.95 bits per heavy atom. The number of aromatic nitrogens is 4. The normalized spacial score (nSPS) is 13.3. The molecule has 0 saturated carbocycles. The summed E-state index contributed by atoms with van der Waals surface area (Å²) in [5, 5.41) is 34.0. The van der Waals surface area contributed by atoms with Crippen molar-refractivity contribution in [2.75, 3.05) is 12.4 Å². The maximum absolute atomic E-state index is 15.0. The molecule has 0 radical (unpaired) electrons. The average Bonchev–Trinajstić information content (AvgIpc) is 4.05. The highest BCUT2D eigenvalue weighted by Gasteiger charge is 2.33. The van der Waals surface area contributed by atoms with E-state index in [1.165, 1.54) is 14.0 Å². The van der Waals surface area contributed by atoms with E-state index in [1.807, 2.05) is 103 Å². The lowest BCUT2D eigenvalue weighted by Gasteiger charge is -2.26. The van der Waals surface area contributed by atoms with Crippen molar-refractivity contribution in [1.29, 1.82) is 0 Å². The zero-order valence-corrected chi connectivity index (χ0v) is 35.6. The Balaban J connectivity index is 1.08. The summed E-state index contributed by atoms with van der Waals surface area (Å²) in [6.45, 7) is 1.33. The molecule has 4 atom stereocenters. The van der Waals surface area contributed by atoms with E-state index >= 15 is 4.79 Å². The van der Waals surface area contributed by atoms with E-state index in [4.69, 9.17) is 14.5 Å². The van der Waals surface area contributed by atoms with E-state index in [-0.39, 0.29) is 30.9 Å². The molecule has 9 rings (SSSR count). The van der Waals surface area contributed by atoms with Crippen LogP contribution in [0.3, 0.4) is 0 Å². The summed E-state index contributed by atoms with van der Waals surface area (Å²) in [6, 6.07) is 35.6. The summed E-state index contributed by atoms with van der Waals surface area (Å²) < 4.78 is 11.0. The van der Waals surface area contributed by atoms with Crippen LogP contribution in [0.2, 0.25) is 0 Å². The number of hydrogen-bond donors (Lipinski definition) is 8. The highest BCUT2D eigenvalue weighted by atomic mass is 16.5. The number of para-hydroxylation sites is 3. The molecule has 0 aliphatic heterocycles. The molecule has 65 heavy (non-hydrogen) atoms. The van der Waals surface area contributed by atoms with Crippen molar-refractivity contribution >= 4 is 67.2 Å². The zero-order valence-electron chi connectivity index (χ0n) is 35.6. The Bertz CT molecular complexity index is 3170. The first-order chi connectivity index (χ1) is 31.6. The van der Waals surface area contributed by atoms with Crippen LogP contribution in [0, 0.1) is 0 Å². The lowest BCUT2D eigenvalue weighted by Crippen LogP contribution is -2.57. The molecule has 0 unspecified atom stereocenters. The maximum atomic E-state index is 15.0. The number of hydrogen-bond acceptors (Lipinski definition) is 9. The summed E-state index contributed by atoms with van der Waals surface area (Å²) in [5.74, 6) is -1.43. The third kappa shape index (κ3) is 8.92. The van der Waals surface area contributed by atoms with Crippen molar-refractivity contribution in [2.24, 2.45) is 0 Å². The Morgan fingerprint density at radius 1 is 0.692 bits per heavy atom. The predicted octanol–water partition coefficient (Wildman–Crippen LogP) is 7.42. The predicted molar refractivity (Wildman–Crippen MR) is 250 cm³/mol. The Morgan fingerprint density at radius 2 is 1.29 bits per heavy atom. The second kappa shape index (κ2) is 18.3. The first-order valence-corrected chi connectivity index (χ1v) is 21.3. The van der Waals surface area contributed by atoms with E-state index < -0.39 is 42.0 Å². The topological polar surface area (TPSA) is 206 Å². The van der Waals surface area contributed by atoms with Gasteiger partial charge in [0.25, 0.3) is 0 Å². The van der Waals surface area contributed by atoms with Gasteiger partial charge in [-0.3, -0.25) is 9.59 Å². The van der Waals surface area contributed by atoms with Crippen LogP contribution in [-0.4, -0.2) is 79.3 Å². The van der Waals surface area contributed by atoms with Crippen LogP contribution in [-0.2, 0) is 38.6 Å². The number of esters is 1. The second-order valence-electron chi connectivity index (χ2n) is 16.0. The summed E-state index contributed by atoms with van der Waals surface area (Å²) in [5.41, 5.74) is 6.90. The van der Waals surface area contributed by atoms with Gasteiger partial charge in [0, 0.05) is 68.9 Å². The molecule has 0 bridgehead atoms. The van der Waals surface area contributed by atoms with Gasteiger partial charge in [-0.2, -0.15) is 0 Å². The quantitative estimate of drug-likeness (QED) is 0.0454. The molecule has 5 aromatic carbocycles. The lowest BCUT2D eigenvalue weighted by atomic mass is 10.0. The van der Waals surface area contributed by atoms with Gasteiger partial charge in [-0.05, 0) is 66.1 Å². The van der Waals surface area contributed by atoms with E-state index in [2.05, 4.69) is 30.9 Å². The fourth-order valence-electron chi connectivity index (χ4n) is 8.31. The van der Waals surface area contributed by atoms with Gasteiger partial charge < -0.3 is 50.6 Å². The van der Waals surface area contributed by atoms with Crippen LogP contribution >= 0.6 is 0 Å². The molecular formula is C51H47N7O7. The third-order valence-corrected chi connectivity index (χ3v) is 11.7. The summed E-state index contributed by atoms with van der Waals surface area (Å²) in [4.78, 5) is 58.1. The number of nitrogens with one attached hydrogen (secondary N) is 6. The van der Waals surface area contributed by atoms with Crippen molar-refractivity contribution in [3.05, 3.63) is 156 Å². The van der Waals surface area contributed by atoms with Gasteiger partial charge in [-0.25, -0.2) is 9.78 Å². The zero-order chi connectivity index (χ0) is 45.0. The van der Waals surface area contributed by atoms with E-state index in [0.29, 0.717) is 17.1 Å². The monoisotopic (exact) mass is 869 g/mol. The van der Waals surface area contributed by atoms with Crippen molar-refractivity contribution < 1.29 is 34.1 Å². The van der Waals surface area contributed by atoms with Crippen LogP contribution < -0.4 is 20.7 Å². The number of amides is 2. The molecule has 9 aromatic rings. The first-order valence-electron chi connectivity index (χ1n) is 21.3. The number of aromatic hydroxyl groups is 1. The minimum atomic E-state index is -1.43.